The fraction of sp³-hybridized carbons (Fsp3) is 0.375. The van der Waals surface area contributed by atoms with Gasteiger partial charge in [0.2, 0.25) is 0 Å². The number of aromatic nitrogens is 2. The third kappa shape index (κ3) is 2.77. The van der Waals surface area contributed by atoms with E-state index in [9.17, 15) is 5.21 Å². The van der Waals surface area contributed by atoms with Crippen molar-refractivity contribution >= 4 is 11.4 Å². The van der Waals surface area contributed by atoms with Gasteiger partial charge in [0.1, 0.15) is 5.82 Å². The van der Waals surface area contributed by atoms with Crippen molar-refractivity contribution in [3.8, 4) is 0 Å². The maximum atomic E-state index is 9.22. The average Bonchev–Trinajstić information content (AvgIpc) is 2.83. The molecule has 1 aliphatic rings. The molecule has 2 aromatic rings. The van der Waals surface area contributed by atoms with Crippen LogP contribution in [0.3, 0.4) is 0 Å². The van der Waals surface area contributed by atoms with E-state index in [0.717, 1.165) is 55.3 Å². The van der Waals surface area contributed by atoms with Gasteiger partial charge in [-0.05, 0) is 25.8 Å². The van der Waals surface area contributed by atoms with Gasteiger partial charge >= 0.3 is 0 Å². The Morgan fingerprint density at radius 2 is 2.14 bits per heavy atom. The second-order valence-corrected chi connectivity index (χ2v) is 5.32. The van der Waals surface area contributed by atoms with Gasteiger partial charge < -0.3 is 14.7 Å². The molecule has 0 bridgehead atoms. The monoisotopic (exact) mass is 284 g/mol. The number of oxime groups is 1. The van der Waals surface area contributed by atoms with Crippen molar-refractivity contribution in [1.82, 2.24) is 9.55 Å². The zero-order valence-electron chi connectivity index (χ0n) is 12.2. The van der Waals surface area contributed by atoms with Crippen LogP contribution in [0.1, 0.15) is 24.2 Å². The average molecular weight is 284 g/mol. The number of hydrogen-bond acceptors (Lipinski definition) is 4. The molecule has 0 spiro atoms. The Kier molecular flexibility index (Phi) is 3.90. The minimum Gasteiger partial charge on any atom is -0.411 e. The fourth-order valence-electron chi connectivity index (χ4n) is 2.89. The standard InChI is InChI=1S/C16H20N4O/c1-13-17-8-10-19(13)11-12-20-9-4-6-15(18-21)14-5-2-3-7-16(14)20/h2-3,5,7-8,10,21H,4,6,9,11-12H2,1H3/b18-15-. The predicted octanol–water partition coefficient (Wildman–Crippen LogP) is 2.67. The molecule has 21 heavy (non-hydrogen) atoms. The number of anilines is 1. The summed E-state index contributed by atoms with van der Waals surface area (Å²) in [6.45, 7) is 4.83. The second kappa shape index (κ2) is 5.99. The quantitative estimate of drug-likeness (QED) is 0.696. The molecule has 0 saturated heterocycles. The lowest BCUT2D eigenvalue weighted by molar-refractivity contribution is 0.318. The van der Waals surface area contributed by atoms with Crippen molar-refractivity contribution in [2.24, 2.45) is 5.16 Å². The maximum absolute atomic E-state index is 9.22. The van der Waals surface area contributed by atoms with Crippen LogP contribution in [-0.4, -0.2) is 33.6 Å². The number of aryl methyl sites for hydroxylation is 1. The molecule has 5 nitrogen and oxygen atoms in total. The lowest BCUT2D eigenvalue weighted by atomic mass is 10.1. The highest BCUT2D eigenvalue weighted by Gasteiger charge is 2.19. The van der Waals surface area contributed by atoms with Gasteiger partial charge in [0.05, 0.1) is 5.71 Å². The Balaban J connectivity index is 1.83. The first-order valence-corrected chi connectivity index (χ1v) is 7.32. The van der Waals surface area contributed by atoms with Crippen LogP contribution in [0.2, 0.25) is 0 Å². The van der Waals surface area contributed by atoms with Crippen molar-refractivity contribution in [3.63, 3.8) is 0 Å². The van der Waals surface area contributed by atoms with Crippen LogP contribution in [0.4, 0.5) is 5.69 Å². The van der Waals surface area contributed by atoms with Crippen LogP contribution in [0.15, 0.2) is 41.8 Å². The predicted molar refractivity (Wildman–Crippen MR) is 83.2 cm³/mol. The van der Waals surface area contributed by atoms with E-state index in [1.807, 2.05) is 37.5 Å². The highest BCUT2D eigenvalue weighted by molar-refractivity contribution is 6.05. The second-order valence-electron chi connectivity index (χ2n) is 5.32. The van der Waals surface area contributed by atoms with Crippen molar-refractivity contribution in [1.29, 1.82) is 0 Å². The van der Waals surface area contributed by atoms with Crippen LogP contribution in [0.25, 0.3) is 0 Å². The number of benzene rings is 1. The Morgan fingerprint density at radius 3 is 2.90 bits per heavy atom. The first-order chi connectivity index (χ1) is 10.3. The summed E-state index contributed by atoms with van der Waals surface area (Å²) in [4.78, 5) is 6.63. The van der Waals surface area contributed by atoms with Crippen LogP contribution in [0.5, 0.6) is 0 Å². The molecule has 0 unspecified atom stereocenters. The number of para-hydroxylation sites is 1. The van der Waals surface area contributed by atoms with E-state index in [0.29, 0.717) is 0 Å². The lowest BCUT2D eigenvalue weighted by Gasteiger charge is -2.25. The van der Waals surface area contributed by atoms with Crippen LogP contribution in [-0.2, 0) is 6.54 Å². The Hall–Kier alpha value is -2.30. The molecule has 1 aromatic heterocycles. The van der Waals surface area contributed by atoms with Crippen molar-refractivity contribution in [2.45, 2.75) is 26.3 Å². The topological polar surface area (TPSA) is 53.7 Å². The van der Waals surface area contributed by atoms with Gasteiger partial charge in [-0.15, -0.1) is 0 Å². The molecular formula is C16H20N4O. The molecule has 110 valence electrons. The zero-order chi connectivity index (χ0) is 14.7. The van der Waals surface area contributed by atoms with E-state index >= 15 is 0 Å². The number of imidazole rings is 1. The number of fused-ring (bicyclic) bond motifs is 1. The van der Waals surface area contributed by atoms with Gasteiger partial charge in [0, 0.05) is 43.3 Å². The Morgan fingerprint density at radius 1 is 1.29 bits per heavy atom. The first kappa shape index (κ1) is 13.7. The molecule has 0 amide bonds. The molecule has 1 aliphatic heterocycles. The Bertz CT molecular complexity index is 647. The molecule has 1 aromatic carbocycles. The van der Waals surface area contributed by atoms with Gasteiger partial charge in [0.15, 0.2) is 0 Å². The third-order valence-electron chi connectivity index (χ3n) is 4.05. The Labute approximate surface area is 124 Å². The molecule has 0 radical (unpaired) electrons. The molecule has 0 saturated carbocycles. The van der Waals surface area contributed by atoms with E-state index in [2.05, 4.69) is 25.7 Å². The van der Waals surface area contributed by atoms with E-state index in [-0.39, 0.29) is 0 Å². The van der Waals surface area contributed by atoms with Crippen molar-refractivity contribution in [2.75, 3.05) is 18.0 Å². The SMILES string of the molecule is Cc1nccn1CCN1CCC/C(=N/O)c2ccccc21. The molecule has 0 aliphatic carbocycles. The molecule has 3 rings (SSSR count). The molecule has 5 heteroatoms. The van der Waals surface area contributed by atoms with E-state index in [1.54, 1.807) is 0 Å². The molecular weight excluding hydrogens is 264 g/mol. The summed E-state index contributed by atoms with van der Waals surface area (Å²) in [6, 6.07) is 8.17. The van der Waals surface area contributed by atoms with Gasteiger partial charge in [-0.25, -0.2) is 4.98 Å². The van der Waals surface area contributed by atoms with Crippen molar-refractivity contribution < 1.29 is 5.21 Å². The van der Waals surface area contributed by atoms with Gasteiger partial charge in [-0.1, -0.05) is 23.4 Å². The number of nitrogens with zero attached hydrogens (tertiary/aromatic N) is 4. The summed E-state index contributed by atoms with van der Waals surface area (Å²) >= 11 is 0. The summed E-state index contributed by atoms with van der Waals surface area (Å²) in [5, 5.41) is 12.7. The number of hydrogen-bond donors (Lipinski definition) is 1. The number of rotatable bonds is 3. The van der Waals surface area contributed by atoms with Crippen molar-refractivity contribution in [3.05, 3.63) is 48.0 Å². The summed E-state index contributed by atoms with van der Waals surface area (Å²) in [7, 11) is 0. The first-order valence-electron chi connectivity index (χ1n) is 7.32. The lowest BCUT2D eigenvalue weighted by Crippen LogP contribution is -2.28. The molecule has 1 N–H and O–H groups in total. The highest BCUT2D eigenvalue weighted by atomic mass is 16.4. The van der Waals surface area contributed by atoms with Gasteiger partial charge in [-0.2, -0.15) is 0 Å². The van der Waals surface area contributed by atoms with Gasteiger partial charge in [-0.3, -0.25) is 0 Å². The fourth-order valence-corrected chi connectivity index (χ4v) is 2.89. The van der Waals surface area contributed by atoms with Crippen LogP contribution in [0, 0.1) is 6.92 Å². The van der Waals surface area contributed by atoms with Crippen LogP contribution < -0.4 is 4.90 Å². The van der Waals surface area contributed by atoms with Gasteiger partial charge in [0.25, 0.3) is 0 Å². The minimum atomic E-state index is 0.784. The third-order valence-corrected chi connectivity index (χ3v) is 4.05. The minimum absolute atomic E-state index is 0.784. The summed E-state index contributed by atoms with van der Waals surface area (Å²) < 4.78 is 2.16. The molecule has 2 heterocycles. The smallest absolute Gasteiger partial charge is 0.105 e. The molecule has 0 fully saturated rings. The maximum Gasteiger partial charge on any atom is 0.105 e. The van der Waals surface area contributed by atoms with E-state index in [1.165, 1.54) is 0 Å². The summed E-state index contributed by atoms with van der Waals surface area (Å²) in [5.41, 5.74) is 2.98. The highest BCUT2D eigenvalue weighted by Crippen LogP contribution is 2.26. The molecule has 0 atom stereocenters. The van der Waals surface area contributed by atoms with E-state index < -0.39 is 0 Å². The zero-order valence-corrected chi connectivity index (χ0v) is 12.2. The summed E-state index contributed by atoms with van der Waals surface area (Å²) in [6.07, 6.45) is 5.66. The normalized spacial score (nSPS) is 16.8. The largest absolute Gasteiger partial charge is 0.411 e. The van der Waals surface area contributed by atoms with E-state index in [4.69, 9.17) is 0 Å². The summed E-state index contributed by atoms with van der Waals surface area (Å²) in [5.74, 6) is 1.04. The van der Waals surface area contributed by atoms with Crippen LogP contribution >= 0.6 is 0 Å².